The highest BCUT2D eigenvalue weighted by atomic mass is 16.6. The normalized spacial score (nSPS) is 17.9. The molecule has 0 amide bonds. The maximum Gasteiger partial charge on any atom is 0.269 e. The van der Waals surface area contributed by atoms with Crippen molar-refractivity contribution in [3.63, 3.8) is 0 Å². The van der Waals surface area contributed by atoms with Crippen molar-refractivity contribution in [2.45, 2.75) is 31.7 Å². The predicted octanol–water partition coefficient (Wildman–Crippen LogP) is 2.78. The lowest BCUT2D eigenvalue weighted by atomic mass is 10.1. The summed E-state index contributed by atoms with van der Waals surface area (Å²) in [4.78, 5) is 19.2. The minimum Gasteiger partial charge on any atom is -0.324 e. The molecule has 1 heterocycles. The van der Waals surface area contributed by atoms with Crippen molar-refractivity contribution in [3.8, 4) is 11.4 Å². The van der Waals surface area contributed by atoms with Crippen LogP contribution in [0.15, 0.2) is 30.5 Å². The summed E-state index contributed by atoms with van der Waals surface area (Å²) in [6.45, 7) is 0. The van der Waals surface area contributed by atoms with Crippen molar-refractivity contribution in [1.82, 2.24) is 9.97 Å². The third-order valence-electron chi connectivity index (χ3n) is 3.81. The summed E-state index contributed by atoms with van der Waals surface area (Å²) in [5, 5.41) is 10.7. The lowest BCUT2D eigenvalue weighted by molar-refractivity contribution is -0.384. The Morgan fingerprint density at radius 2 is 2.00 bits per heavy atom. The third-order valence-corrected chi connectivity index (χ3v) is 3.81. The smallest absolute Gasteiger partial charge is 0.269 e. The Hall–Kier alpha value is -2.34. The van der Waals surface area contributed by atoms with Gasteiger partial charge in [0.15, 0.2) is 5.82 Å². The third kappa shape index (κ3) is 2.75. The average Bonchev–Trinajstić information content (AvgIpc) is 2.69. The van der Waals surface area contributed by atoms with E-state index in [0.29, 0.717) is 5.82 Å². The van der Waals surface area contributed by atoms with Crippen molar-refractivity contribution in [1.29, 1.82) is 0 Å². The second-order valence-corrected chi connectivity index (χ2v) is 5.25. The summed E-state index contributed by atoms with van der Waals surface area (Å²) in [6, 6.07) is 6.30. The number of nitro benzene ring substituents is 1. The highest BCUT2D eigenvalue weighted by Gasteiger charge is 2.18. The van der Waals surface area contributed by atoms with Crippen LogP contribution in [0, 0.1) is 10.1 Å². The van der Waals surface area contributed by atoms with E-state index in [-0.39, 0.29) is 11.7 Å². The second kappa shape index (κ2) is 5.57. The van der Waals surface area contributed by atoms with E-state index < -0.39 is 4.92 Å². The van der Waals surface area contributed by atoms with Gasteiger partial charge in [0.1, 0.15) is 0 Å². The fraction of sp³-hybridized carbons (Fsp3) is 0.333. The van der Waals surface area contributed by atoms with Gasteiger partial charge in [0, 0.05) is 41.2 Å². The molecule has 6 nitrogen and oxygen atoms in total. The van der Waals surface area contributed by atoms with Crippen LogP contribution in [0.1, 0.15) is 36.6 Å². The zero-order chi connectivity index (χ0) is 14.8. The molecule has 2 aromatic rings. The standard InChI is InChI=1S/C15H16N4O2/c16-13-3-1-2-4-14-12(13)9-17-15(18-14)10-5-7-11(8-6-10)19(20)21/h5-9,13H,1-4,16H2. The molecule has 2 N–H and O–H groups in total. The SMILES string of the molecule is NC1CCCCc2nc(-c3ccc([N+](=O)[O-])cc3)ncc21. The first-order valence-corrected chi connectivity index (χ1v) is 7.01. The lowest BCUT2D eigenvalue weighted by Gasteiger charge is -2.12. The fourth-order valence-corrected chi connectivity index (χ4v) is 2.62. The van der Waals surface area contributed by atoms with Crippen molar-refractivity contribution in [2.24, 2.45) is 5.73 Å². The largest absolute Gasteiger partial charge is 0.324 e. The van der Waals surface area contributed by atoms with E-state index in [1.165, 1.54) is 12.1 Å². The van der Waals surface area contributed by atoms with Crippen LogP contribution in [0.5, 0.6) is 0 Å². The molecule has 0 radical (unpaired) electrons. The van der Waals surface area contributed by atoms with E-state index in [4.69, 9.17) is 5.73 Å². The van der Waals surface area contributed by atoms with Gasteiger partial charge < -0.3 is 5.73 Å². The molecule has 6 heteroatoms. The molecule has 1 unspecified atom stereocenters. The number of aryl methyl sites for hydroxylation is 1. The van der Waals surface area contributed by atoms with Gasteiger partial charge in [-0.25, -0.2) is 9.97 Å². The van der Waals surface area contributed by atoms with E-state index in [0.717, 1.165) is 42.5 Å². The molecular weight excluding hydrogens is 268 g/mol. The Morgan fingerprint density at radius 1 is 1.24 bits per heavy atom. The van der Waals surface area contributed by atoms with Crippen LogP contribution in [0.4, 0.5) is 5.69 Å². The maximum absolute atomic E-state index is 10.7. The van der Waals surface area contributed by atoms with Gasteiger partial charge in [0.25, 0.3) is 5.69 Å². The molecule has 1 atom stereocenters. The highest BCUT2D eigenvalue weighted by Crippen LogP contribution is 2.27. The zero-order valence-corrected chi connectivity index (χ0v) is 11.5. The van der Waals surface area contributed by atoms with Gasteiger partial charge in [0.2, 0.25) is 0 Å². The minimum absolute atomic E-state index is 0.00779. The molecule has 1 aromatic heterocycles. The molecule has 3 rings (SSSR count). The van der Waals surface area contributed by atoms with Gasteiger partial charge in [-0.15, -0.1) is 0 Å². The highest BCUT2D eigenvalue weighted by molar-refractivity contribution is 5.57. The summed E-state index contributed by atoms with van der Waals surface area (Å²) < 4.78 is 0. The summed E-state index contributed by atoms with van der Waals surface area (Å²) in [6.07, 6.45) is 5.86. The monoisotopic (exact) mass is 284 g/mol. The number of nitrogens with zero attached hydrogens (tertiary/aromatic N) is 3. The van der Waals surface area contributed by atoms with Crippen LogP contribution in [0.2, 0.25) is 0 Å². The first kappa shape index (κ1) is 13.6. The summed E-state index contributed by atoms with van der Waals surface area (Å²) in [7, 11) is 0. The number of hydrogen-bond acceptors (Lipinski definition) is 5. The van der Waals surface area contributed by atoms with E-state index in [1.54, 1.807) is 18.3 Å². The number of rotatable bonds is 2. The van der Waals surface area contributed by atoms with Gasteiger partial charge in [-0.05, 0) is 31.4 Å². The van der Waals surface area contributed by atoms with Gasteiger partial charge >= 0.3 is 0 Å². The van der Waals surface area contributed by atoms with Crippen LogP contribution in [-0.4, -0.2) is 14.9 Å². The molecule has 0 saturated carbocycles. The number of aromatic nitrogens is 2. The molecular formula is C15H16N4O2. The van der Waals surface area contributed by atoms with Crippen molar-refractivity contribution in [3.05, 3.63) is 51.8 Å². The Kier molecular flexibility index (Phi) is 3.62. The second-order valence-electron chi connectivity index (χ2n) is 5.25. The van der Waals surface area contributed by atoms with Crippen LogP contribution in [0.25, 0.3) is 11.4 Å². The van der Waals surface area contributed by atoms with Crippen LogP contribution in [-0.2, 0) is 6.42 Å². The fourth-order valence-electron chi connectivity index (χ4n) is 2.62. The first-order chi connectivity index (χ1) is 10.1. The number of nitro groups is 1. The minimum atomic E-state index is -0.416. The molecule has 0 saturated heterocycles. The Balaban J connectivity index is 1.96. The summed E-state index contributed by atoms with van der Waals surface area (Å²) in [5.74, 6) is 0.595. The van der Waals surface area contributed by atoms with E-state index in [1.807, 2.05) is 0 Å². The topological polar surface area (TPSA) is 94.9 Å². The Labute approximate surface area is 122 Å². The van der Waals surface area contributed by atoms with E-state index >= 15 is 0 Å². The quantitative estimate of drug-likeness (QED) is 0.519. The molecule has 1 aliphatic rings. The first-order valence-electron chi connectivity index (χ1n) is 7.01. The lowest BCUT2D eigenvalue weighted by Crippen LogP contribution is -2.12. The van der Waals surface area contributed by atoms with Crippen LogP contribution >= 0.6 is 0 Å². The number of hydrogen-bond donors (Lipinski definition) is 1. The van der Waals surface area contributed by atoms with Gasteiger partial charge in [0.05, 0.1) is 4.92 Å². The van der Waals surface area contributed by atoms with Crippen LogP contribution in [0.3, 0.4) is 0 Å². The number of benzene rings is 1. The average molecular weight is 284 g/mol. The molecule has 21 heavy (non-hydrogen) atoms. The maximum atomic E-state index is 10.7. The number of nitrogens with two attached hydrogens (primary N) is 1. The molecule has 1 aliphatic carbocycles. The molecule has 1 aromatic carbocycles. The number of fused-ring (bicyclic) bond motifs is 1. The number of non-ortho nitro benzene ring substituents is 1. The summed E-state index contributed by atoms with van der Waals surface area (Å²) in [5.41, 5.74) is 9.01. The van der Waals surface area contributed by atoms with Gasteiger partial charge in [-0.2, -0.15) is 0 Å². The van der Waals surface area contributed by atoms with Crippen molar-refractivity contribution in [2.75, 3.05) is 0 Å². The Bertz CT molecular complexity index is 670. The predicted molar refractivity (Wildman–Crippen MR) is 78.6 cm³/mol. The summed E-state index contributed by atoms with van der Waals surface area (Å²) >= 11 is 0. The molecule has 0 bridgehead atoms. The molecule has 0 fully saturated rings. The van der Waals surface area contributed by atoms with E-state index in [9.17, 15) is 10.1 Å². The molecule has 108 valence electrons. The van der Waals surface area contributed by atoms with Gasteiger partial charge in [-0.1, -0.05) is 6.42 Å². The van der Waals surface area contributed by atoms with E-state index in [2.05, 4.69) is 9.97 Å². The molecule has 0 spiro atoms. The van der Waals surface area contributed by atoms with Crippen molar-refractivity contribution < 1.29 is 4.92 Å². The van der Waals surface area contributed by atoms with Crippen molar-refractivity contribution >= 4 is 5.69 Å². The zero-order valence-electron chi connectivity index (χ0n) is 11.5. The van der Waals surface area contributed by atoms with Crippen LogP contribution < -0.4 is 5.73 Å². The molecule has 0 aliphatic heterocycles. The van der Waals surface area contributed by atoms with Gasteiger partial charge in [-0.3, -0.25) is 10.1 Å². The Morgan fingerprint density at radius 3 is 2.71 bits per heavy atom.